The van der Waals surface area contributed by atoms with Crippen LogP contribution < -0.4 is 0 Å². The summed E-state index contributed by atoms with van der Waals surface area (Å²) in [4.78, 5) is 3.87. The molecular weight excluding hydrogens is 276 g/mol. The molecule has 0 saturated heterocycles. The monoisotopic (exact) mass is 284 g/mol. The lowest BCUT2D eigenvalue weighted by Gasteiger charge is -2.35. The molecule has 1 heterocycles. The van der Waals surface area contributed by atoms with Crippen molar-refractivity contribution in [2.45, 2.75) is 6.17 Å². The van der Waals surface area contributed by atoms with E-state index in [0.717, 1.165) is 0 Å². The second-order valence-electron chi connectivity index (χ2n) is 3.43. The van der Waals surface area contributed by atoms with E-state index in [1.54, 1.807) is 0 Å². The molecule has 14 heteroatoms. The van der Waals surface area contributed by atoms with Crippen molar-refractivity contribution in [2.24, 2.45) is 4.99 Å². The number of quaternary nitrogens is 3. The fraction of sp³-hybridized carbons (Fsp3) is 0.200. The van der Waals surface area contributed by atoms with E-state index in [0.29, 0.717) is 0 Å². The first kappa shape index (κ1) is 15.7. The Morgan fingerprint density at radius 3 is 1.79 bits per heavy atom. The molecule has 0 spiro atoms. The molecule has 1 unspecified atom stereocenters. The van der Waals surface area contributed by atoms with Crippen LogP contribution in [0.1, 0.15) is 0 Å². The molecule has 0 saturated carbocycles. The highest BCUT2D eigenvalue weighted by Crippen LogP contribution is 2.27. The smallest absolute Gasteiger partial charge is 0.321 e. The predicted octanol–water partition coefficient (Wildman–Crippen LogP) is -1.54. The van der Waals surface area contributed by atoms with Gasteiger partial charge in [0.1, 0.15) is 6.21 Å². The van der Waals surface area contributed by atoms with Crippen LogP contribution in [0.2, 0.25) is 0 Å². The average Bonchev–Trinajstić information content (AvgIpc) is 2.11. The molecule has 14 nitrogen and oxygen atoms in total. The molecule has 0 aromatic carbocycles. The number of hydroxylamine groups is 9. The number of carbonyl (C=O) groups excluding carboxylic acids is 1. The van der Waals surface area contributed by atoms with Crippen molar-refractivity contribution in [2.75, 3.05) is 0 Å². The Kier molecular flexibility index (Phi) is 3.56. The minimum atomic E-state index is -3.61. The highest BCUT2D eigenvalue weighted by atomic mass is 17.1. The maximum Gasteiger partial charge on any atom is 0.321 e. The molecule has 1 rings (SSSR count). The highest BCUT2D eigenvalue weighted by Gasteiger charge is 2.52. The van der Waals surface area contributed by atoms with Gasteiger partial charge in [0.15, 0.2) is 0 Å². The number of rotatable bonds is 3. The molecule has 0 bridgehead atoms. The first-order valence-corrected chi connectivity index (χ1v) is 4.25. The Bertz CT molecular complexity index is 450. The molecule has 0 aliphatic carbocycles. The minimum absolute atomic E-state index is 0.0308. The van der Waals surface area contributed by atoms with Gasteiger partial charge in [0.2, 0.25) is 0 Å². The van der Waals surface area contributed by atoms with Crippen molar-refractivity contribution in [3.63, 3.8) is 0 Å². The molecule has 1 aliphatic heterocycles. The van der Waals surface area contributed by atoms with E-state index in [2.05, 4.69) is 4.99 Å². The summed E-state index contributed by atoms with van der Waals surface area (Å²) in [7, 11) is 0. The molecule has 108 valence electrons. The maximum absolute atomic E-state index is 11.5. The second-order valence-corrected chi connectivity index (χ2v) is 3.43. The number of dihydropyridines is 1. The van der Waals surface area contributed by atoms with Gasteiger partial charge in [0.25, 0.3) is 5.70 Å². The number of carbonyl (C=O) groups is 1. The molecule has 6 N–H and O–H groups in total. The van der Waals surface area contributed by atoms with E-state index >= 15 is 0 Å². The molecule has 1 atom stereocenters. The summed E-state index contributed by atoms with van der Waals surface area (Å²) in [5.74, 6) is -2.01. The van der Waals surface area contributed by atoms with Gasteiger partial charge in [-0.15, -0.1) is 0 Å². The van der Waals surface area contributed by atoms with Gasteiger partial charge in [-0.3, -0.25) is 4.79 Å². The predicted molar refractivity (Wildman–Crippen MR) is 45.9 cm³/mol. The van der Waals surface area contributed by atoms with Crippen LogP contribution in [0.5, 0.6) is 0 Å². The Balaban J connectivity index is 3.45. The van der Waals surface area contributed by atoms with Crippen LogP contribution in [-0.2, 0) is 4.79 Å². The Morgan fingerprint density at radius 1 is 1.00 bits per heavy atom. The summed E-state index contributed by atoms with van der Waals surface area (Å²) in [6.07, 6.45) is -2.64. The maximum atomic E-state index is 11.5. The number of ketones is 1. The Hall–Kier alpha value is -1.40. The summed E-state index contributed by atoms with van der Waals surface area (Å²) in [6, 6.07) is 0. The second kappa shape index (κ2) is 4.31. The summed E-state index contributed by atoms with van der Waals surface area (Å²) in [5.41, 5.74) is -3.56. The molecule has 19 heavy (non-hydrogen) atoms. The van der Waals surface area contributed by atoms with Crippen LogP contribution in [0, 0.1) is 15.6 Å². The fourth-order valence-electron chi connectivity index (χ4n) is 1.26. The number of hydrogen-bond donors (Lipinski definition) is 6. The summed E-state index contributed by atoms with van der Waals surface area (Å²) in [5, 5.41) is 84.2. The topological polar surface area (TPSA) is 220 Å². The zero-order valence-electron chi connectivity index (χ0n) is 8.76. The van der Waals surface area contributed by atoms with Crippen LogP contribution in [0.4, 0.5) is 0 Å². The SMILES string of the molecule is O=C1C([N+]([O-])(O)O)=C([N+]([O-])(O)O)C=NC1[N+]([O-])(O)O. The number of nitrogens with zero attached hydrogens (tertiary/aromatic N) is 4. The van der Waals surface area contributed by atoms with Gasteiger partial charge in [0, 0.05) is 0 Å². The van der Waals surface area contributed by atoms with E-state index in [-0.39, 0.29) is 6.21 Å². The van der Waals surface area contributed by atoms with Gasteiger partial charge in [0.05, 0.1) is 0 Å². The number of aliphatic imine (C=N–C) groups is 1. The Morgan fingerprint density at radius 2 is 1.47 bits per heavy atom. The summed E-state index contributed by atoms with van der Waals surface area (Å²) in [6.45, 7) is 0. The first-order chi connectivity index (χ1) is 8.26. The lowest BCUT2D eigenvalue weighted by Crippen LogP contribution is -2.56. The van der Waals surface area contributed by atoms with Gasteiger partial charge in [-0.05, 0) is 14.9 Å². The van der Waals surface area contributed by atoms with Gasteiger partial charge >= 0.3 is 17.6 Å². The van der Waals surface area contributed by atoms with Crippen molar-refractivity contribution in [3.8, 4) is 0 Å². The first-order valence-electron chi connectivity index (χ1n) is 4.25. The average molecular weight is 284 g/mol. The molecule has 0 amide bonds. The van der Waals surface area contributed by atoms with Crippen molar-refractivity contribution in [1.29, 1.82) is 0 Å². The molecule has 1 aliphatic rings. The highest BCUT2D eigenvalue weighted by molar-refractivity contribution is 6.04. The normalized spacial score (nSPS) is 22.2. The molecule has 0 aromatic heterocycles. The third-order valence-electron chi connectivity index (χ3n) is 1.97. The largest absolute Gasteiger partial charge is 0.562 e. The number of allylic oxidation sites excluding steroid dienone is 1. The van der Waals surface area contributed by atoms with Gasteiger partial charge < -0.3 is 15.6 Å². The van der Waals surface area contributed by atoms with Crippen LogP contribution in [0.3, 0.4) is 0 Å². The lowest BCUT2D eigenvalue weighted by molar-refractivity contribution is -1.22. The summed E-state index contributed by atoms with van der Waals surface area (Å²) < 4.78 is 0. The van der Waals surface area contributed by atoms with E-state index in [9.17, 15) is 20.4 Å². The van der Waals surface area contributed by atoms with Gasteiger partial charge in [-0.25, -0.2) is 4.99 Å². The van der Waals surface area contributed by atoms with Crippen molar-refractivity contribution in [3.05, 3.63) is 27.0 Å². The zero-order valence-corrected chi connectivity index (χ0v) is 8.76. The van der Waals surface area contributed by atoms with Crippen LogP contribution in [0.15, 0.2) is 16.4 Å². The van der Waals surface area contributed by atoms with Crippen LogP contribution in [-0.4, -0.2) is 64.3 Å². The van der Waals surface area contributed by atoms with Gasteiger partial charge in [-0.2, -0.15) is 31.2 Å². The van der Waals surface area contributed by atoms with Gasteiger partial charge in [-0.1, -0.05) is 0 Å². The number of hydrogen-bond acceptors (Lipinski definition) is 11. The van der Waals surface area contributed by atoms with E-state index in [1.807, 2.05) is 0 Å². The van der Waals surface area contributed by atoms with E-state index in [1.165, 1.54) is 0 Å². The molecular formula is C5H8N4O10. The summed E-state index contributed by atoms with van der Waals surface area (Å²) >= 11 is 0. The third-order valence-corrected chi connectivity index (χ3v) is 1.97. The van der Waals surface area contributed by atoms with Crippen molar-refractivity contribution in [1.82, 2.24) is 0 Å². The van der Waals surface area contributed by atoms with Crippen molar-refractivity contribution < 1.29 is 51.0 Å². The van der Waals surface area contributed by atoms with E-state index < -0.39 is 38.3 Å². The zero-order chi connectivity index (χ0) is 15.2. The molecule has 0 radical (unpaired) electrons. The minimum Gasteiger partial charge on any atom is -0.562 e. The molecule has 0 aromatic rings. The van der Waals surface area contributed by atoms with Crippen molar-refractivity contribution >= 4 is 12.0 Å². The lowest BCUT2D eigenvalue weighted by atomic mass is 10.1. The quantitative estimate of drug-likeness (QED) is 0.258. The molecule has 0 fully saturated rings. The van der Waals surface area contributed by atoms with E-state index in [4.69, 9.17) is 31.2 Å². The third kappa shape index (κ3) is 3.13. The van der Waals surface area contributed by atoms with Crippen LogP contribution >= 0.6 is 0 Å². The van der Waals surface area contributed by atoms with Crippen LogP contribution in [0.25, 0.3) is 0 Å². The fourth-order valence-corrected chi connectivity index (χ4v) is 1.26. The standard InChI is InChI=1S/C5H8N4O10/c10-4-3(8(14,15)16)2(7(11,12)13)1-6-5(4)9(17,18)19/h1,5,11-12,14-15,17-18H. The Labute approximate surface area is 102 Å². The number of Topliss-reactive ketones (excluding diaryl/α,β-unsaturated/α-hetero) is 1.